The van der Waals surface area contributed by atoms with Gasteiger partial charge in [0.2, 0.25) is 5.91 Å². The van der Waals surface area contributed by atoms with Gasteiger partial charge in [-0.1, -0.05) is 18.2 Å². The zero-order valence-corrected chi connectivity index (χ0v) is 15.4. The van der Waals surface area contributed by atoms with Crippen molar-refractivity contribution < 1.29 is 27.5 Å². The summed E-state index contributed by atoms with van der Waals surface area (Å²) in [6.07, 6.45) is 0.337. The maximum Gasteiger partial charge on any atom is 0.328 e. The first kappa shape index (κ1) is 19.2. The second-order valence-corrected chi connectivity index (χ2v) is 8.27. The Balaban J connectivity index is 2.28. The highest BCUT2D eigenvalue weighted by atomic mass is 32.2. The van der Waals surface area contributed by atoms with E-state index in [1.54, 1.807) is 31.2 Å². The van der Waals surface area contributed by atoms with Gasteiger partial charge in [-0.05, 0) is 19.4 Å². The highest BCUT2D eigenvalue weighted by Crippen LogP contribution is 2.24. The van der Waals surface area contributed by atoms with Gasteiger partial charge in [0.1, 0.15) is 11.8 Å². The molecule has 1 fully saturated rings. The van der Waals surface area contributed by atoms with Gasteiger partial charge in [-0.25, -0.2) is 13.2 Å². The number of para-hydroxylation sites is 1. The Morgan fingerprint density at radius 1 is 1.28 bits per heavy atom. The minimum atomic E-state index is -3.20. The topological polar surface area (TPSA) is 90.0 Å². The lowest BCUT2D eigenvalue weighted by Gasteiger charge is -2.32. The zero-order chi connectivity index (χ0) is 18.6. The highest BCUT2D eigenvalue weighted by molar-refractivity contribution is 7.91. The molecule has 0 N–H and O–H groups in total. The number of rotatable bonds is 6. The summed E-state index contributed by atoms with van der Waals surface area (Å²) in [5.41, 5.74) is 0.679. The van der Waals surface area contributed by atoms with Crippen molar-refractivity contribution in [3.8, 4) is 5.75 Å². The number of ether oxygens (including phenoxy) is 2. The van der Waals surface area contributed by atoms with E-state index >= 15 is 0 Å². The van der Waals surface area contributed by atoms with E-state index in [-0.39, 0.29) is 23.8 Å². The van der Waals surface area contributed by atoms with Crippen molar-refractivity contribution in [1.29, 1.82) is 0 Å². The quantitative estimate of drug-likeness (QED) is 0.690. The summed E-state index contributed by atoms with van der Waals surface area (Å²) in [4.78, 5) is 26.2. The van der Waals surface area contributed by atoms with Crippen molar-refractivity contribution in [2.75, 3.05) is 25.7 Å². The molecule has 1 aromatic carbocycles. The smallest absolute Gasteiger partial charge is 0.328 e. The molecule has 1 aliphatic rings. The number of amides is 1. The number of esters is 1. The number of sulfone groups is 1. The predicted molar refractivity (Wildman–Crippen MR) is 92.1 cm³/mol. The van der Waals surface area contributed by atoms with E-state index in [1.165, 1.54) is 19.1 Å². The molecule has 1 aliphatic heterocycles. The maximum absolute atomic E-state index is 12.9. The highest BCUT2D eigenvalue weighted by Gasteiger charge is 2.39. The molecule has 0 spiro atoms. The van der Waals surface area contributed by atoms with E-state index in [4.69, 9.17) is 9.47 Å². The normalized spacial score (nSPS) is 19.9. The molecular formula is C17H23NO6S. The first-order valence-electron chi connectivity index (χ1n) is 8.00. The van der Waals surface area contributed by atoms with E-state index in [2.05, 4.69) is 0 Å². The fraction of sp³-hybridized carbons (Fsp3) is 0.529. The zero-order valence-electron chi connectivity index (χ0n) is 14.6. The molecule has 0 saturated carbocycles. The Morgan fingerprint density at radius 2 is 1.96 bits per heavy atom. The molecule has 1 aromatic rings. The molecule has 1 amide bonds. The number of nitrogens with zero attached hydrogens (tertiary/aromatic N) is 1. The van der Waals surface area contributed by atoms with Gasteiger partial charge in [0, 0.05) is 11.6 Å². The van der Waals surface area contributed by atoms with Gasteiger partial charge in [-0.3, -0.25) is 4.79 Å². The first-order chi connectivity index (χ1) is 11.8. The molecule has 0 aliphatic carbocycles. The second-order valence-electron chi connectivity index (χ2n) is 6.05. The molecule has 0 unspecified atom stereocenters. The van der Waals surface area contributed by atoms with Crippen molar-refractivity contribution >= 4 is 21.7 Å². The molecule has 2 rings (SSSR count). The van der Waals surface area contributed by atoms with Crippen LogP contribution in [-0.2, 0) is 30.6 Å². The Morgan fingerprint density at radius 3 is 2.52 bits per heavy atom. The molecule has 7 nitrogen and oxygen atoms in total. The molecular weight excluding hydrogens is 346 g/mol. The van der Waals surface area contributed by atoms with E-state index in [9.17, 15) is 18.0 Å². The van der Waals surface area contributed by atoms with E-state index < -0.39 is 27.9 Å². The lowest BCUT2D eigenvalue weighted by molar-refractivity contribution is -0.153. The summed E-state index contributed by atoms with van der Waals surface area (Å²) >= 11 is 0. The maximum atomic E-state index is 12.9. The lowest BCUT2D eigenvalue weighted by Crippen LogP contribution is -2.50. The number of hydrogen-bond acceptors (Lipinski definition) is 6. The standard InChI is InChI=1S/C17H23NO6S/c1-12(17(20)24-3)18(14-8-9-25(21,22)11-14)16(19)10-13-6-4-5-7-15(13)23-2/h4-7,12,14H,8-11H2,1-3H3/t12-,14-/m0/s1. The van der Waals surface area contributed by atoms with E-state index in [0.717, 1.165) is 0 Å². The third-order valence-corrected chi connectivity index (χ3v) is 6.13. The SMILES string of the molecule is COC(=O)[C@H](C)N(C(=O)Cc1ccccc1OC)[C@H]1CCS(=O)(=O)C1. The van der Waals surface area contributed by atoms with Crippen LogP contribution in [0.5, 0.6) is 5.75 Å². The van der Waals surface area contributed by atoms with Crippen LogP contribution in [0.4, 0.5) is 0 Å². The Hall–Kier alpha value is -2.09. The number of benzene rings is 1. The largest absolute Gasteiger partial charge is 0.496 e. The van der Waals surface area contributed by atoms with E-state index in [1.807, 2.05) is 0 Å². The fourth-order valence-electron chi connectivity index (χ4n) is 3.12. The summed E-state index contributed by atoms with van der Waals surface area (Å²) in [7, 11) is -0.438. The molecule has 0 aromatic heterocycles. The molecule has 0 bridgehead atoms. The number of methoxy groups -OCH3 is 2. The van der Waals surface area contributed by atoms with Crippen LogP contribution in [0, 0.1) is 0 Å². The van der Waals surface area contributed by atoms with Crippen LogP contribution in [0.1, 0.15) is 18.9 Å². The van der Waals surface area contributed by atoms with Crippen molar-refractivity contribution in [3.63, 3.8) is 0 Å². The van der Waals surface area contributed by atoms with Crippen molar-refractivity contribution in [2.45, 2.75) is 31.8 Å². The summed E-state index contributed by atoms with van der Waals surface area (Å²) < 4.78 is 33.6. The monoisotopic (exact) mass is 369 g/mol. The Labute approximate surface area is 147 Å². The lowest BCUT2D eigenvalue weighted by atomic mass is 10.1. The molecule has 8 heteroatoms. The van der Waals surface area contributed by atoms with Gasteiger partial charge in [-0.2, -0.15) is 0 Å². The minimum Gasteiger partial charge on any atom is -0.496 e. The molecule has 2 atom stereocenters. The average molecular weight is 369 g/mol. The van der Waals surface area contributed by atoms with Gasteiger partial charge in [0.15, 0.2) is 9.84 Å². The Bertz CT molecular complexity index is 745. The van der Waals surface area contributed by atoms with Gasteiger partial charge < -0.3 is 14.4 Å². The summed E-state index contributed by atoms with van der Waals surface area (Å²) in [6, 6.07) is 5.72. The molecule has 0 radical (unpaired) electrons. The summed E-state index contributed by atoms with van der Waals surface area (Å²) in [6.45, 7) is 1.55. The minimum absolute atomic E-state index is 0.0158. The summed E-state index contributed by atoms with van der Waals surface area (Å²) in [5, 5.41) is 0. The van der Waals surface area contributed by atoms with Crippen molar-refractivity contribution in [2.24, 2.45) is 0 Å². The van der Waals surface area contributed by atoms with Crippen molar-refractivity contribution in [3.05, 3.63) is 29.8 Å². The van der Waals surface area contributed by atoms with Crippen molar-refractivity contribution in [1.82, 2.24) is 4.90 Å². The first-order valence-corrected chi connectivity index (χ1v) is 9.82. The molecule has 1 heterocycles. The summed E-state index contributed by atoms with van der Waals surface area (Å²) in [5.74, 6) is -0.446. The van der Waals surface area contributed by atoms with Gasteiger partial charge in [-0.15, -0.1) is 0 Å². The fourth-order valence-corrected chi connectivity index (χ4v) is 4.83. The molecule has 1 saturated heterocycles. The third-order valence-electron chi connectivity index (χ3n) is 4.38. The van der Waals surface area contributed by atoms with Crippen LogP contribution in [0.15, 0.2) is 24.3 Å². The van der Waals surface area contributed by atoms with Crippen LogP contribution in [0.3, 0.4) is 0 Å². The van der Waals surface area contributed by atoms with E-state index in [0.29, 0.717) is 17.7 Å². The number of carbonyl (C=O) groups is 2. The van der Waals surface area contributed by atoms with Crippen LogP contribution in [0.25, 0.3) is 0 Å². The van der Waals surface area contributed by atoms with Crippen LogP contribution in [0.2, 0.25) is 0 Å². The van der Waals surface area contributed by atoms with Crippen LogP contribution >= 0.6 is 0 Å². The molecule has 25 heavy (non-hydrogen) atoms. The molecule has 138 valence electrons. The van der Waals surface area contributed by atoms with Crippen LogP contribution in [-0.4, -0.2) is 63.0 Å². The number of carbonyl (C=O) groups excluding carboxylic acids is 2. The van der Waals surface area contributed by atoms with Crippen LogP contribution < -0.4 is 4.74 Å². The average Bonchev–Trinajstić information content (AvgIpc) is 2.94. The Kier molecular flexibility index (Phi) is 6.05. The predicted octanol–water partition coefficient (Wildman–Crippen LogP) is 0.815. The second kappa shape index (κ2) is 7.86. The van der Waals surface area contributed by atoms with Gasteiger partial charge in [0.05, 0.1) is 32.1 Å². The van der Waals surface area contributed by atoms with Gasteiger partial charge in [0.25, 0.3) is 0 Å². The third kappa shape index (κ3) is 4.50. The van der Waals surface area contributed by atoms with Gasteiger partial charge >= 0.3 is 5.97 Å². The number of hydrogen-bond donors (Lipinski definition) is 0.